The van der Waals surface area contributed by atoms with Crippen LogP contribution in [0.3, 0.4) is 0 Å². The fourth-order valence-corrected chi connectivity index (χ4v) is 2.61. The number of benzene rings is 1. The summed E-state index contributed by atoms with van der Waals surface area (Å²) in [4.78, 5) is 12.3. The van der Waals surface area contributed by atoms with Crippen molar-refractivity contribution < 1.29 is 19.7 Å². The van der Waals surface area contributed by atoms with Gasteiger partial charge in [-0.2, -0.15) is 0 Å². The summed E-state index contributed by atoms with van der Waals surface area (Å²) in [6.45, 7) is 2.12. The lowest BCUT2D eigenvalue weighted by Crippen LogP contribution is -2.04. The van der Waals surface area contributed by atoms with Crippen molar-refractivity contribution in [2.24, 2.45) is 0 Å². The van der Waals surface area contributed by atoms with Crippen LogP contribution in [0.25, 0.3) is 0 Å². The molecule has 0 aliphatic rings. The molecule has 0 amide bonds. The number of aromatic hydroxyl groups is 2. The summed E-state index contributed by atoms with van der Waals surface area (Å²) in [7, 11) is 1.31. The van der Waals surface area contributed by atoms with Gasteiger partial charge in [-0.1, -0.05) is 55.8 Å². The summed E-state index contributed by atoms with van der Waals surface area (Å²) in [6.07, 6.45) is 5.28. The third-order valence-electron chi connectivity index (χ3n) is 3.28. The maximum Gasteiger partial charge on any atom is 0.170 e. The molecule has 1 aromatic rings. The van der Waals surface area contributed by atoms with E-state index in [0.717, 1.165) is 32.1 Å². The quantitative estimate of drug-likeness (QED) is 0.521. The van der Waals surface area contributed by atoms with E-state index in [2.05, 4.69) is 6.92 Å². The topological polar surface area (TPSA) is 66.8 Å². The van der Waals surface area contributed by atoms with Crippen molar-refractivity contribution in [2.45, 2.75) is 45.4 Å². The Balaban J connectivity index is 2.93. The lowest BCUT2D eigenvalue weighted by molar-refractivity contribution is 0.0973. The molecule has 0 heterocycles. The van der Waals surface area contributed by atoms with Crippen molar-refractivity contribution in [3.8, 4) is 17.2 Å². The summed E-state index contributed by atoms with van der Waals surface area (Å²) >= 11 is 11.7. The first-order valence-corrected chi connectivity index (χ1v) is 7.71. The molecule has 0 saturated carbocycles. The van der Waals surface area contributed by atoms with E-state index in [-0.39, 0.29) is 33.6 Å². The largest absolute Gasteiger partial charge is 0.505 e. The number of phenols is 2. The van der Waals surface area contributed by atoms with E-state index in [0.29, 0.717) is 0 Å². The van der Waals surface area contributed by atoms with E-state index < -0.39 is 11.5 Å². The number of Topliss-reactive ketones (excluding diaryl/α,β-unsaturated/α-hetero) is 1. The number of methoxy groups -OCH3 is 1. The predicted molar refractivity (Wildman–Crippen MR) is 84.1 cm³/mol. The second-order valence-electron chi connectivity index (χ2n) is 4.82. The first-order chi connectivity index (χ1) is 9.95. The smallest absolute Gasteiger partial charge is 0.170 e. The summed E-state index contributed by atoms with van der Waals surface area (Å²) in [5.74, 6) is -1.33. The zero-order chi connectivity index (χ0) is 16.0. The summed E-state index contributed by atoms with van der Waals surface area (Å²) in [6, 6.07) is 0. The second kappa shape index (κ2) is 8.35. The molecule has 6 heteroatoms. The third-order valence-corrected chi connectivity index (χ3v) is 3.99. The van der Waals surface area contributed by atoms with Gasteiger partial charge in [0.25, 0.3) is 0 Å². The summed E-state index contributed by atoms with van der Waals surface area (Å²) in [5.41, 5.74) is -0.0687. The average molecular weight is 335 g/mol. The molecule has 0 unspecified atom stereocenters. The fourth-order valence-electron chi connectivity index (χ4n) is 2.11. The number of carbonyl (C=O) groups excluding carboxylic acids is 1. The van der Waals surface area contributed by atoms with Crippen LogP contribution in [0, 0.1) is 0 Å². The van der Waals surface area contributed by atoms with Crippen LogP contribution in [-0.4, -0.2) is 23.1 Å². The molecule has 0 spiro atoms. The molecule has 21 heavy (non-hydrogen) atoms. The number of rotatable bonds is 8. The van der Waals surface area contributed by atoms with Crippen LogP contribution >= 0.6 is 23.2 Å². The van der Waals surface area contributed by atoms with E-state index in [1.165, 1.54) is 7.11 Å². The molecule has 0 fully saturated rings. The van der Waals surface area contributed by atoms with Crippen molar-refractivity contribution in [1.29, 1.82) is 0 Å². The Kier molecular flexibility index (Phi) is 7.12. The maximum absolute atomic E-state index is 12.3. The first-order valence-electron chi connectivity index (χ1n) is 6.95. The van der Waals surface area contributed by atoms with Crippen molar-refractivity contribution in [2.75, 3.05) is 7.11 Å². The van der Waals surface area contributed by atoms with Crippen LogP contribution in [0.5, 0.6) is 17.2 Å². The number of phenolic OH excluding ortho intramolecular Hbond substituents is 2. The lowest BCUT2D eigenvalue weighted by Gasteiger charge is -2.14. The number of ether oxygens (including phenoxy) is 1. The Hall–Kier alpha value is -1.13. The Morgan fingerprint density at radius 1 is 1.05 bits per heavy atom. The maximum atomic E-state index is 12.3. The van der Waals surface area contributed by atoms with Gasteiger partial charge in [0.2, 0.25) is 0 Å². The molecule has 0 aliphatic heterocycles. The zero-order valence-electron chi connectivity index (χ0n) is 12.2. The van der Waals surface area contributed by atoms with E-state index in [9.17, 15) is 15.0 Å². The van der Waals surface area contributed by atoms with Crippen LogP contribution in [0.15, 0.2) is 0 Å². The molecule has 118 valence electrons. The SMILES string of the molecule is CCCCCCCC(=O)c1c(O)c(Cl)c(O)c(Cl)c1OC. The summed E-state index contributed by atoms with van der Waals surface area (Å²) in [5, 5.41) is 19.1. The van der Waals surface area contributed by atoms with Gasteiger partial charge in [0.05, 0.1) is 7.11 Å². The molecule has 0 aliphatic carbocycles. The van der Waals surface area contributed by atoms with Crippen LogP contribution in [0.1, 0.15) is 55.8 Å². The molecule has 4 nitrogen and oxygen atoms in total. The predicted octanol–water partition coefficient (Wildman–Crippen LogP) is 4.96. The third kappa shape index (κ3) is 4.17. The average Bonchev–Trinajstić information content (AvgIpc) is 2.48. The number of carbonyl (C=O) groups is 1. The van der Waals surface area contributed by atoms with Gasteiger partial charge in [-0.25, -0.2) is 0 Å². The van der Waals surface area contributed by atoms with Crippen molar-refractivity contribution in [3.63, 3.8) is 0 Å². The molecule has 0 saturated heterocycles. The van der Waals surface area contributed by atoms with Gasteiger partial charge in [0.15, 0.2) is 23.0 Å². The highest BCUT2D eigenvalue weighted by Crippen LogP contribution is 2.48. The van der Waals surface area contributed by atoms with Crippen molar-refractivity contribution in [1.82, 2.24) is 0 Å². The molecule has 1 rings (SSSR count). The molecule has 2 N–H and O–H groups in total. The van der Waals surface area contributed by atoms with Crippen LogP contribution in [0.4, 0.5) is 0 Å². The number of hydrogen-bond acceptors (Lipinski definition) is 4. The minimum absolute atomic E-state index is 0.0466. The fraction of sp³-hybridized carbons (Fsp3) is 0.533. The number of ketones is 1. The van der Waals surface area contributed by atoms with Gasteiger partial charge in [-0.3, -0.25) is 4.79 Å². The highest BCUT2D eigenvalue weighted by atomic mass is 35.5. The molecule has 1 aromatic carbocycles. The Morgan fingerprint density at radius 3 is 2.24 bits per heavy atom. The van der Waals surface area contributed by atoms with E-state index >= 15 is 0 Å². The van der Waals surface area contributed by atoms with Gasteiger partial charge in [0, 0.05) is 6.42 Å². The van der Waals surface area contributed by atoms with Gasteiger partial charge >= 0.3 is 0 Å². The molecule has 0 radical (unpaired) electrons. The first kappa shape index (κ1) is 17.9. The molecular formula is C15H20Cl2O4. The van der Waals surface area contributed by atoms with Crippen molar-refractivity contribution in [3.05, 3.63) is 15.6 Å². The molecule has 0 atom stereocenters. The highest BCUT2D eigenvalue weighted by molar-refractivity contribution is 6.40. The standard InChI is InChI=1S/C15H20Cl2O4/c1-3-4-5-6-7-8-9(18)10-13(19)11(16)14(20)12(17)15(10)21-2/h19-20H,3-8H2,1-2H3. The monoisotopic (exact) mass is 334 g/mol. The van der Waals surface area contributed by atoms with E-state index in [1.54, 1.807) is 0 Å². The Labute approximate surface area is 134 Å². The Bertz CT molecular complexity index is 515. The minimum atomic E-state index is -0.493. The number of halogens is 2. The van der Waals surface area contributed by atoms with Crippen LogP contribution in [0.2, 0.25) is 10.0 Å². The summed E-state index contributed by atoms with van der Waals surface area (Å²) < 4.78 is 5.03. The van der Waals surface area contributed by atoms with Crippen molar-refractivity contribution >= 4 is 29.0 Å². The minimum Gasteiger partial charge on any atom is -0.505 e. The lowest BCUT2D eigenvalue weighted by atomic mass is 10.0. The van der Waals surface area contributed by atoms with Crippen LogP contribution in [-0.2, 0) is 0 Å². The van der Waals surface area contributed by atoms with E-state index in [1.807, 2.05) is 0 Å². The van der Waals surface area contributed by atoms with Crippen LogP contribution < -0.4 is 4.74 Å². The molecule has 0 bridgehead atoms. The molecule has 0 aromatic heterocycles. The van der Waals surface area contributed by atoms with Gasteiger partial charge < -0.3 is 14.9 Å². The number of hydrogen-bond donors (Lipinski definition) is 2. The van der Waals surface area contributed by atoms with Gasteiger partial charge in [-0.05, 0) is 6.42 Å². The van der Waals surface area contributed by atoms with Gasteiger partial charge in [0.1, 0.15) is 15.6 Å². The highest BCUT2D eigenvalue weighted by Gasteiger charge is 2.26. The molecular weight excluding hydrogens is 315 g/mol. The van der Waals surface area contributed by atoms with Gasteiger partial charge in [-0.15, -0.1) is 0 Å². The van der Waals surface area contributed by atoms with E-state index in [4.69, 9.17) is 27.9 Å². The number of unbranched alkanes of at least 4 members (excludes halogenated alkanes) is 4. The Morgan fingerprint density at radius 2 is 1.67 bits per heavy atom. The normalized spacial score (nSPS) is 10.7. The second-order valence-corrected chi connectivity index (χ2v) is 5.58. The zero-order valence-corrected chi connectivity index (χ0v) is 13.7.